The number of carbonyl (C=O) groups excluding carboxylic acids is 2. The molecule has 0 bridgehead atoms. The molecular formula is C36H31ClN6O5. The third-order valence-corrected chi connectivity index (χ3v) is 8.40. The van der Waals surface area contributed by atoms with E-state index in [1.54, 1.807) is 47.6 Å². The molecule has 7 rings (SSSR count). The Morgan fingerprint density at radius 2 is 1.58 bits per heavy atom. The van der Waals surface area contributed by atoms with Crippen LogP contribution in [0, 0.1) is 13.8 Å². The second kappa shape index (κ2) is 13.4. The Labute approximate surface area is 281 Å². The van der Waals surface area contributed by atoms with Gasteiger partial charge in [-0.3, -0.25) is 9.13 Å². The van der Waals surface area contributed by atoms with E-state index in [9.17, 15) is 9.59 Å². The van der Waals surface area contributed by atoms with Crippen molar-refractivity contribution >= 4 is 34.7 Å². The molecule has 4 heterocycles. The SMILES string of the molecule is Cc1ccc(C(=O)OC[C@H]2O[C@H](n3cnc4c(-n5ccnc5Cc5ccccc5)nc(Cl)nc43)C[C@@H]2OC(=O)c2ccc(C)cc2)cc1. The normalized spacial score (nSPS) is 17.4. The van der Waals surface area contributed by atoms with Crippen molar-refractivity contribution in [2.24, 2.45) is 0 Å². The summed E-state index contributed by atoms with van der Waals surface area (Å²) in [5.41, 5.74) is 4.86. The minimum atomic E-state index is -0.765. The Kier molecular flexibility index (Phi) is 8.70. The van der Waals surface area contributed by atoms with E-state index < -0.39 is 30.4 Å². The largest absolute Gasteiger partial charge is 0.459 e. The summed E-state index contributed by atoms with van der Waals surface area (Å²) in [6.45, 7) is 3.74. The van der Waals surface area contributed by atoms with Gasteiger partial charge >= 0.3 is 11.9 Å². The van der Waals surface area contributed by atoms with Gasteiger partial charge in [0.05, 0.1) is 17.5 Å². The average Bonchev–Trinajstić information content (AvgIpc) is 3.83. The molecule has 3 aromatic carbocycles. The van der Waals surface area contributed by atoms with Crippen LogP contribution in [-0.4, -0.2) is 59.8 Å². The zero-order valence-electron chi connectivity index (χ0n) is 26.2. The van der Waals surface area contributed by atoms with Crippen molar-refractivity contribution in [3.63, 3.8) is 0 Å². The Morgan fingerprint density at radius 1 is 0.896 bits per heavy atom. The predicted octanol–water partition coefficient (Wildman–Crippen LogP) is 6.24. The van der Waals surface area contributed by atoms with Crippen LogP contribution in [-0.2, 0) is 20.6 Å². The lowest BCUT2D eigenvalue weighted by molar-refractivity contribution is -0.0563. The lowest BCUT2D eigenvalue weighted by atomic mass is 10.1. The van der Waals surface area contributed by atoms with Crippen molar-refractivity contribution in [1.29, 1.82) is 0 Å². The van der Waals surface area contributed by atoms with Gasteiger partial charge < -0.3 is 14.2 Å². The number of aromatic nitrogens is 6. The van der Waals surface area contributed by atoms with Crippen LogP contribution in [0.15, 0.2) is 97.6 Å². The smallest absolute Gasteiger partial charge is 0.338 e. The van der Waals surface area contributed by atoms with E-state index in [-0.39, 0.29) is 18.3 Å². The third kappa shape index (κ3) is 6.55. The summed E-state index contributed by atoms with van der Waals surface area (Å²) < 4.78 is 21.6. The van der Waals surface area contributed by atoms with E-state index in [2.05, 4.69) is 19.9 Å². The summed E-state index contributed by atoms with van der Waals surface area (Å²) in [5, 5.41) is 0.0162. The van der Waals surface area contributed by atoms with E-state index >= 15 is 0 Å². The molecule has 3 aromatic heterocycles. The topological polar surface area (TPSA) is 123 Å². The first kappa shape index (κ1) is 31.2. The predicted molar refractivity (Wildman–Crippen MR) is 177 cm³/mol. The minimum absolute atomic E-state index is 0.0162. The highest BCUT2D eigenvalue weighted by Crippen LogP contribution is 2.35. The van der Waals surface area contributed by atoms with Gasteiger partial charge in [0.15, 0.2) is 17.0 Å². The summed E-state index contributed by atoms with van der Waals surface area (Å²) in [5.74, 6) is 0.210. The number of benzene rings is 3. The van der Waals surface area contributed by atoms with Crippen molar-refractivity contribution in [1.82, 2.24) is 29.1 Å². The number of esters is 2. The standard InChI is InChI=1S/C36H31ClN6O5/c1-22-8-12-25(13-9-22)34(44)46-20-28-27(48-35(45)26-14-10-23(2)11-15-26)19-30(47-28)43-21-39-31-32(40-36(37)41-33(31)43)42-17-16-38-29(42)18-24-6-4-3-5-7-24/h3-17,21,27-28,30H,18-20H2,1-2H3/t27-,28+,30-/m0/s1. The van der Waals surface area contributed by atoms with Crippen LogP contribution in [0.25, 0.3) is 17.0 Å². The van der Waals surface area contributed by atoms with Crippen LogP contribution in [0.4, 0.5) is 0 Å². The van der Waals surface area contributed by atoms with Crippen molar-refractivity contribution in [3.8, 4) is 5.82 Å². The molecule has 1 fully saturated rings. The maximum absolute atomic E-state index is 13.2. The van der Waals surface area contributed by atoms with Crippen molar-refractivity contribution in [2.45, 2.75) is 45.1 Å². The van der Waals surface area contributed by atoms with Crippen LogP contribution in [0.3, 0.4) is 0 Å². The molecule has 0 aliphatic carbocycles. The van der Waals surface area contributed by atoms with E-state index in [1.807, 2.05) is 73.0 Å². The number of hydrogen-bond donors (Lipinski definition) is 0. The van der Waals surface area contributed by atoms with Crippen molar-refractivity contribution in [2.75, 3.05) is 6.61 Å². The fourth-order valence-electron chi connectivity index (χ4n) is 5.66. The second-order valence-electron chi connectivity index (χ2n) is 11.7. The van der Waals surface area contributed by atoms with Gasteiger partial charge in [-0.1, -0.05) is 65.7 Å². The lowest BCUT2D eigenvalue weighted by Crippen LogP contribution is -2.32. The number of halogens is 1. The molecule has 1 aliphatic rings. The van der Waals surface area contributed by atoms with Gasteiger partial charge in [0, 0.05) is 25.2 Å². The first-order valence-electron chi connectivity index (χ1n) is 15.5. The molecule has 6 aromatic rings. The maximum atomic E-state index is 13.2. The molecule has 0 spiro atoms. The van der Waals surface area contributed by atoms with Crippen LogP contribution < -0.4 is 0 Å². The molecule has 0 unspecified atom stereocenters. The number of hydrogen-bond acceptors (Lipinski definition) is 9. The van der Waals surface area contributed by atoms with Gasteiger partial charge in [0.25, 0.3) is 0 Å². The molecule has 0 amide bonds. The highest BCUT2D eigenvalue weighted by molar-refractivity contribution is 6.28. The summed E-state index contributed by atoms with van der Waals surface area (Å²) in [7, 11) is 0. The molecular weight excluding hydrogens is 632 g/mol. The first-order valence-corrected chi connectivity index (χ1v) is 15.8. The maximum Gasteiger partial charge on any atom is 0.338 e. The minimum Gasteiger partial charge on any atom is -0.459 e. The fourth-order valence-corrected chi connectivity index (χ4v) is 5.82. The Hall–Kier alpha value is -5.39. The molecule has 48 heavy (non-hydrogen) atoms. The van der Waals surface area contributed by atoms with Crippen LogP contribution >= 0.6 is 11.6 Å². The fraction of sp³-hybridized carbons (Fsp3) is 0.222. The van der Waals surface area contributed by atoms with Crippen molar-refractivity contribution in [3.05, 3.63) is 137 Å². The van der Waals surface area contributed by atoms with E-state index in [0.29, 0.717) is 34.5 Å². The van der Waals surface area contributed by atoms with Crippen molar-refractivity contribution < 1.29 is 23.8 Å². The number of nitrogens with zero attached hydrogens (tertiary/aromatic N) is 6. The Morgan fingerprint density at radius 3 is 2.29 bits per heavy atom. The van der Waals surface area contributed by atoms with Gasteiger partial charge in [-0.2, -0.15) is 9.97 Å². The van der Waals surface area contributed by atoms with Gasteiger partial charge in [-0.15, -0.1) is 0 Å². The number of ether oxygens (including phenoxy) is 3. The molecule has 0 saturated carbocycles. The van der Waals surface area contributed by atoms with Gasteiger partial charge in [-0.25, -0.2) is 19.6 Å². The summed E-state index contributed by atoms with van der Waals surface area (Å²) in [6, 6.07) is 24.2. The molecule has 0 N–H and O–H groups in total. The molecule has 1 aliphatic heterocycles. The molecule has 242 valence electrons. The molecule has 12 heteroatoms. The van der Waals surface area contributed by atoms with E-state index in [4.69, 9.17) is 25.8 Å². The number of aryl methyl sites for hydroxylation is 2. The summed E-state index contributed by atoms with van der Waals surface area (Å²) in [4.78, 5) is 44.3. The monoisotopic (exact) mass is 662 g/mol. The molecule has 11 nitrogen and oxygen atoms in total. The van der Waals surface area contributed by atoms with Gasteiger partial charge in [0.2, 0.25) is 5.28 Å². The number of imidazole rings is 2. The zero-order valence-corrected chi connectivity index (χ0v) is 26.9. The summed E-state index contributed by atoms with van der Waals surface area (Å²) >= 11 is 6.48. The van der Waals surface area contributed by atoms with Crippen LogP contribution in [0.1, 0.15) is 55.9 Å². The van der Waals surface area contributed by atoms with Gasteiger partial charge in [0.1, 0.15) is 30.9 Å². The highest BCUT2D eigenvalue weighted by atomic mass is 35.5. The number of fused-ring (bicyclic) bond motifs is 1. The second-order valence-corrected chi connectivity index (χ2v) is 12.0. The van der Waals surface area contributed by atoms with Crippen LogP contribution in [0.5, 0.6) is 0 Å². The zero-order chi connectivity index (χ0) is 33.2. The highest BCUT2D eigenvalue weighted by Gasteiger charge is 2.41. The summed E-state index contributed by atoms with van der Waals surface area (Å²) in [6.07, 6.45) is 3.75. The molecule has 1 saturated heterocycles. The lowest BCUT2D eigenvalue weighted by Gasteiger charge is -2.19. The first-order chi connectivity index (χ1) is 23.3. The molecule has 3 atom stereocenters. The Balaban J connectivity index is 1.17. The van der Waals surface area contributed by atoms with Crippen LogP contribution in [0.2, 0.25) is 5.28 Å². The average molecular weight is 663 g/mol. The van der Waals surface area contributed by atoms with Gasteiger partial charge in [-0.05, 0) is 55.3 Å². The number of carbonyl (C=O) groups is 2. The quantitative estimate of drug-likeness (QED) is 0.131. The van der Waals surface area contributed by atoms with E-state index in [1.165, 1.54) is 0 Å². The number of rotatable bonds is 9. The Bertz CT molecular complexity index is 2080. The van der Waals surface area contributed by atoms with E-state index in [0.717, 1.165) is 22.5 Å². The third-order valence-electron chi connectivity index (χ3n) is 8.23. The molecule has 0 radical (unpaired) electrons.